The van der Waals surface area contributed by atoms with Crippen molar-refractivity contribution >= 4 is 23.5 Å². The van der Waals surface area contributed by atoms with E-state index < -0.39 is 11.9 Å². The molecule has 140 valence electrons. The molecule has 4 nitrogen and oxygen atoms in total. The van der Waals surface area contributed by atoms with E-state index in [0.29, 0.717) is 6.42 Å². The summed E-state index contributed by atoms with van der Waals surface area (Å²) in [5, 5.41) is 5.66. The molecule has 0 aliphatic heterocycles. The zero-order valence-electron chi connectivity index (χ0n) is 15.6. The van der Waals surface area contributed by atoms with Gasteiger partial charge in [-0.25, -0.2) is 4.39 Å². The number of rotatable bonds is 7. The van der Waals surface area contributed by atoms with Crippen LogP contribution in [0.25, 0.3) is 0 Å². The maximum atomic E-state index is 14.3. The van der Waals surface area contributed by atoms with Crippen molar-refractivity contribution in [1.82, 2.24) is 10.0 Å². The summed E-state index contributed by atoms with van der Waals surface area (Å²) in [7, 11) is 1.72. The molecule has 0 aliphatic rings. The molecule has 2 aromatic rings. The second-order valence-corrected chi connectivity index (χ2v) is 8.00. The number of nitrogens with one attached hydrogen (secondary N) is 3. The second kappa shape index (κ2) is 9.16. The van der Waals surface area contributed by atoms with E-state index >= 15 is 0 Å². The molecule has 2 rings (SSSR count). The number of anilines is 1. The lowest BCUT2D eigenvalue weighted by atomic mass is 10.1. The fourth-order valence-electron chi connectivity index (χ4n) is 2.27. The Morgan fingerprint density at radius 1 is 1.15 bits per heavy atom. The Labute approximate surface area is 159 Å². The van der Waals surface area contributed by atoms with Gasteiger partial charge in [-0.2, -0.15) is 0 Å². The standard InChI is InChI=1S/C20H26FN3OS/c1-20(2,3)24-26-15-10-11-17(16(21)13-15)23-19(25)18(22-4)12-14-8-6-5-7-9-14/h5-11,13,18,22,24H,12H2,1-4H3,(H,23,25). The van der Waals surface area contributed by atoms with Gasteiger partial charge in [-0.3, -0.25) is 9.52 Å². The van der Waals surface area contributed by atoms with Crippen molar-refractivity contribution in [3.63, 3.8) is 0 Å². The molecule has 26 heavy (non-hydrogen) atoms. The predicted octanol–water partition coefficient (Wildman–Crippen LogP) is 3.99. The largest absolute Gasteiger partial charge is 0.322 e. The number of halogens is 1. The summed E-state index contributed by atoms with van der Waals surface area (Å²) in [5.74, 6) is -0.711. The van der Waals surface area contributed by atoms with Crippen LogP contribution in [0.3, 0.4) is 0 Å². The lowest BCUT2D eigenvalue weighted by molar-refractivity contribution is -0.118. The Morgan fingerprint density at radius 2 is 1.85 bits per heavy atom. The number of hydrogen-bond donors (Lipinski definition) is 3. The molecule has 0 radical (unpaired) electrons. The van der Waals surface area contributed by atoms with E-state index in [1.54, 1.807) is 19.2 Å². The molecule has 0 bridgehead atoms. The first-order chi connectivity index (χ1) is 12.3. The molecule has 1 amide bonds. The van der Waals surface area contributed by atoms with Crippen LogP contribution in [0.5, 0.6) is 0 Å². The van der Waals surface area contributed by atoms with Crippen molar-refractivity contribution in [2.45, 2.75) is 43.7 Å². The van der Waals surface area contributed by atoms with Crippen molar-refractivity contribution in [2.75, 3.05) is 12.4 Å². The van der Waals surface area contributed by atoms with Gasteiger partial charge in [-0.05, 0) is 70.0 Å². The molecule has 0 heterocycles. The summed E-state index contributed by atoms with van der Waals surface area (Å²) in [6.07, 6.45) is 0.536. The molecule has 1 atom stereocenters. The number of likely N-dealkylation sites (N-methyl/N-ethyl adjacent to an activating group) is 1. The Kier molecular flexibility index (Phi) is 7.20. The summed E-state index contributed by atoms with van der Waals surface area (Å²) in [6.45, 7) is 6.11. The summed E-state index contributed by atoms with van der Waals surface area (Å²) < 4.78 is 17.6. The van der Waals surface area contributed by atoms with Crippen LogP contribution in [0.2, 0.25) is 0 Å². The number of amides is 1. The lowest BCUT2D eigenvalue weighted by Gasteiger charge is -2.20. The van der Waals surface area contributed by atoms with Gasteiger partial charge in [0.15, 0.2) is 0 Å². The molecular formula is C20H26FN3OS. The van der Waals surface area contributed by atoms with Crippen LogP contribution in [0.1, 0.15) is 26.3 Å². The molecule has 0 spiro atoms. The smallest absolute Gasteiger partial charge is 0.241 e. The SMILES string of the molecule is CNC(Cc1ccccc1)C(=O)Nc1ccc(SNC(C)(C)C)cc1F. The third-order valence-electron chi connectivity index (χ3n) is 3.62. The number of carbonyl (C=O) groups excluding carboxylic acids is 1. The monoisotopic (exact) mass is 375 g/mol. The highest BCUT2D eigenvalue weighted by Gasteiger charge is 2.18. The van der Waals surface area contributed by atoms with E-state index in [2.05, 4.69) is 15.4 Å². The number of hydrogen-bond acceptors (Lipinski definition) is 4. The molecule has 0 aromatic heterocycles. The fraction of sp³-hybridized carbons (Fsp3) is 0.350. The van der Waals surface area contributed by atoms with Gasteiger partial charge in [-0.15, -0.1) is 0 Å². The van der Waals surface area contributed by atoms with Gasteiger partial charge in [-0.1, -0.05) is 30.3 Å². The zero-order chi connectivity index (χ0) is 19.2. The van der Waals surface area contributed by atoms with E-state index in [1.807, 2.05) is 51.1 Å². The third kappa shape index (κ3) is 6.44. The van der Waals surface area contributed by atoms with E-state index in [9.17, 15) is 9.18 Å². The highest BCUT2D eigenvalue weighted by atomic mass is 32.2. The molecule has 3 N–H and O–H groups in total. The minimum Gasteiger partial charge on any atom is -0.322 e. The van der Waals surface area contributed by atoms with Crippen LogP contribution in [-0.4, -0.2) is 24.5 Å². The van der Waals surface area contributed by atoms with Crippen LogP contribution < -0.4 is 15.4 Å². The van der Waals surface area contributed by atoms with Crippen LogP contribution in [-0.2, 0) is 11.2 Å². The van der Waals surface area contributed by atoms with Gasteiger partial charge in [0.1, 0.15) is 5.82 Å². The minimum absolute atomic E-state index is 0.0779. The van der Waals surface area contributed by atoms with Gasteiger partial charge in [0.25, 0.3) is 0 Å². The van der Waals surface area contributed by atoms with Gasteiger partial charge in [0, 0.05) is 10.4 Å². The molecule has 1 unspecified atom stereocenters. The second-order valence-electron chi connectivity index (χ2n) is 7.12. The van der Waals surface area contributed by atoms with Crippen molar-refractivity contribution in [3.05, 3.63) is 59.9 Å². The van der Waals surface area contributed by atoms with Gasteiger partial charge in [0.2, 0.25) is 5.91 Å². The predicted molar refractivity (Wildman–Crippen MR) is 107 cm³/mol. The maximum absolute atomic E-state index is 14.3. The van der Waals surface area contributed by atoms with Crippen molar-refractivity contribution in [1.29, 1.82) is 0 Å². The highest BCUT2D eigenvalue weighted by Crippen LogP contribution is 2.23. The van der Waals surface area contributed by atoms with Crippen LogP contribution >= 0.6 is 11.9 Å². The molecule has 2 aromatic carbocycles. The Balaban J connectivity index is 2.01. The van der Waals surface area contributed by atoms with Gasteiger partial charge in [0.05, 0.1) is 11.7 Å². The first-order valence-electron chi connectivity index (χ1n) is 8.54. The van der Waals surface area contributed by atoms with Crippen molar-refractivity contribution < 1.29 is 9.18 Å². The summed E-state index contributed by atoms with van der Waals surface area (Å²) in [4.78, 5) is 13.2. The molecule has 0 saturated carbocycles. The number of benzene rings is 2. The lowest BCUT2D eigenvalue weighted by Crippen LogP contribution is -2.40. The zero-order valence-corrected chi connectivity index (χ0v) is 16.4. The molecule has 0 aliphatic carbocycles. The normalized spacial score (nSPS) is 12.7. The maximum Gasteiger partial charge on any atom is 0.241 e. The number of carbonyl (C=O) groups is 1. The molecular weight excluding hydrogens is 349 g/mol. The summed E-state index contributed by atoms with van der Waals surface area (Å²) in [6, 6.07) is 14.1. The summed E-state index contributed by atoms with van der Waals surface area (Å²) in [5.41, 5.74) is 1.15. The van der Waals surface area contributed by atoms with E-state index in [0.717, 1.165) is 10.5 Å². The average Bonchev–Trinajstić information content (AvgIpc) is 2.60. The average molecular weight is 376 g/mol. The van der Waals surface area contributed by atoms with Gasteiger partial charge >= 0.3 is 0 Å². The topological polar surface area (TPSA) is 53.2 Å². The first-order valence-corrected chi connectivity index (χ1v) is 9.36. The van der Waals surface area contributed by atoms with Crippen molar-refractivity contribution in [3.8, 4) is 0 Å². The molecule has 0 saturated heterocycles. The minimum atomic E-state index is -0.450. The van der Waals surface area contributed by atoms with Crippen LogP contribution in [0, 0.1) is 5.82 Å². The summed E-state index contributed by atoms with van der Waals surface area (Å²) >= 11 is 1.37. The Morgan fingerprint density at radius 3 is 2.42 bits per heavy atom. The van der Waals surface area contributed by atoms with E-state index in [1.165, 1.54) is 18.0 Å². The molecule has 0 fully saturated rings. The molecule has 6 heteroatoms. The third-order valence-corrected chi connectivity index (χ3v) is 4.83. The van der Waals surface area contributed by atoms with Crippen molar-refractivity contribution in [2.24, 2.45) is 0 Å². The Hall–Kier alpha value is -1.89. The quantitative estimate of drug-likeness (QED) is 0.641. The Bertz CT molecular complexity index is 732. The van der Waals surface area contributed by atoms with Gasteiger partial charge < -0.3 is 10.6 Å². The van der Waals surface area contributed by atoms with E-state index in [4.69, 9.17) is 0 Å². The fourth-order valence-corrected chi connectivity index (χ4v) is 2.99. The van der Waals surface area contributed by atoms with Crippen LogP contribution in [0.4, 0.5) is 10.1 Å². The highest BCUT2D eigenvalue weighted by molar-refractivity contribution is 7.97. The first kappa shape index (κ1) is 20.4. The van der Waals surface area contributed by atoms with Crippen LogP contribution in [0.15, 0.2) is 53.4 Å². The van der Waals surface area contributed by atoms with E-state index in [-0.39, 0.29) is 17.1 Å².